The van der Waals surface area contributed by atoms with Gasteiger partial charge in [0.05, 0.1) is 26.8 Å². The Kier molecular flexibility index (Phi) is 6.11. The fraction of sp³-hybridized carbons (Fsp3) is 0.154. The zero-order valence-electron chi connectivity index (χ0n) is 19.7. The van der Waals surface area contributed by atoms with Crippen LogP contribution in [0.15, 0.2) is 81.1 Å². The van der Waals surface area contributed by atoms with Gasteiger partial charge in [0.2, 0.25) is 11.8 Å². The molecule has 1 unspecified atom stereocenters. The van der Waals surface area contributed by atoms with Crippen LogP contribution in [0.3, 0.4) is 0 Å². The van der Waals surface area contributed by atoms with E-state index in [0.29, 0.717) is 27.5 Å². The number of nitro groups is 1. The second-order valence-corrected chi connectivity index (χ2v) is 9.66. The molecular formula is C26H21N5O4S. The van der Waals surface area contributed by atoms with E-state index < -0.39 is 4.92 Å². The summed E-state index contributed by atoms with van der Waals surface area (Å²) in [6.45, 7) is 5.84. The highest BCUT2D eigenvalue weighted by Crippen LogP contribution is 2.36. The van der Waals surface area contributed by atoms with Gasteiger partial charge in [-0.3, -0.25) is 19.5 Å². The Hall–Kier alpha value is -4.31. The van der Waals surface area contributed by atoms with Gasteiger partial charge in [-0.1, -0.05) is 36.0 Å². The molecule has 0 aliphatic heterocycles. The van der Waals surface area contributed by atoms with Crippen molar-refractivity contribution in [2.75, 3.05) is 0 Å². The number of hydrogen-bond acceptors (Lipinski definition) is 8. The van der Waals surface area contributed by atoms with Gasteiger partial charge in [0.15, 0.2) is 5.16 Å². The summed E-state index contributed by atoms with van der Waals surface area (Å²) in [6.07, 6.45) is 0. The number of fused-ring (bicyclic) bond motifs is 1. The lowest BCUT2D eigenvalue weighted by atomic mass is 10.1. The number of para-hydroxylation sites is 1. The normalized spacial score (nSPS) is 12.1. The van der Waals surface area contributed by atoms with Crippen molar-refractivity contribution in [3.05, 3.63) is 104 Å². The third kappa shape index (κ3) is 4.38. The van der Waals surface area contributed by atoms with E-state index in [1.165, 1.54) is 23.9 Å². The predicted octanol–water partition coefficient (Wildman–Crippen LogP) is 5.81. The Morgan fingerprint density at radius 1 is 1.03 bits per heavy atom. The van der Waals surface area contributed by atoms with E-state index in [1.807, 2.05) is 57.2 Å². The summed E-state index contributed by atoms with van der Waals surface area (Å²) in [5.41, 5.74) is 3.76. The van der Waals surface area contributed by atoms with E-state index in [2.05, 4.69) is 10.2 Å². The van der Waals surface area contributed by atoms with Crippen molar-refractivity contribution in [3.8, 4) is 17.1 Å². The summed E-state index contributed by atoms with van der Waals surface area (Å²) < 4.78 is 7.52. The molecular weight excluding hydrogens is 478 g/mol. The Balaban J connectivity index is 1.54. The Morgan fingerprint density at radius 2 is 1.78 bits per heavy atom. The van der Waals surface area contributed by atoms with Crippen molar-refractivity contribution in [2.24, 2.45) is 0 Å². The molecule has 0 bridgehead atoms. The van der Waals surface area contributed by atoms with Crippen molar-refractivity contribution in [3.63, 3.8) is 0 Å². The Morgan fingerprint density at radius 3 is 2.53 bits per heavy atom. The van der Waals surface area contributed by atoms with Gasteiger partial charge in [-0.2, -0.15) is 0 Å². The minimum Gasteiger partial charge on any atom is -0.419 e. The van der Waals surface area contributed by atoms with Crippen LogP contribution in [0.1, 0.15) is 29.2 Å². The first-order valence-corrected chi connectivity index (χ1v) is 12.0. The smallest absolute Gasteiger partial charge is 0.269 e. The molecule has 36 heavy (non-hydrogen) atoms. The summed E-state index contributed by atoms with van der Waals surface area (Å²) in [6, 6.07) is 19.1. The van der Waals surface area contributed by atoms with Crippen molar-refractivity contribution >= 4 is 28.4 Å². The molecule has 180 valence electrons. The zero-order chi connectivity index (χ0) is 25.4. The molecule has 0 fully saturated rings. The van der Waals surface area contributed by atoms with Crippen molar-refractivity contribution in [1.29, 1.82) is 0 Å². The van der Waals surface area contributed by atoms with Crippen LogP contribution in [0.25, 0.3) is 28.0 Å². The monoisotopic (exact) mass is 499 g/mol. The molecule has 0 aliphatic carbocycles. The van der Waals surface area contributed by atoms with Crippen LogP contribution in [0.5, 0.6) is 0 Å². The van der Waals surface area contributed by atoms with E-state index in [1.54, 1.807) is 22.8 Å². The first-order chi connectivity index (χ1) is 17.3. The average molecular weight is 500 g/mol. The van der Waals surface area contributed by atoms with E-state index in [9.17, 15) is 14.9 Å². The summed E-state index contributed by atoms with van der Waals surface area (Å²) in [5.74, 6) is 0.606. The van der Waals surface area contributed by atoms with Gasteiger partial charge in [-0.25, -0.2) is 4.98 Å². The van der Waals surface area contributed by atoms with Gasteiger partial charge in [0.1, 0.15) is 0 Å². The maximum Gasteiger partial charge on any atom is 0.269 e. The number of aromatic nitrogens is 4. The first kappa shape index (κ1) is 23.4. The maximum absolute atomic E-state index is 13.6. The zero-order valence-corrected chi connectivity index (χ0v) is 20.5. The molecule has 0 N–H and O–H groups in total. The second kappa shape index (κ2) is 9.38. The topological polar surface area (TPSA) is 117 Å². The molecule has 5 rings (SSSR count). The fourth-order valence-electron chi connectivity index (χ4n) is 3.81. The lowest BCUT2D eigenvalue weighted by molar-refractivity contribution is -0.384. The van der Waals surface area contributed by atoms with Crippen molar-refractivity contribution in [1.82, 2.24) is 19.7 Å². The number of rotatable bonds is 6. The molecule has 0 aliphatic rings. The standard InChI is InChI=1S/C26H21N5O4S/c1-15-8-9-16(2)22(14-15)30-25(32)20-6-4-5-7-21(20)27-26(30)36-17(3)23-28-29-24(35-23)18-10-12-19(13-11-18)31(33)34/h4-14,17H,1-3H3. The van der Waals surface area contributed by atoms with Gasteiger partial charge in [0.25, 0.3) is 11.2 Å². The molecule has 0 spiro atoms. The highest BCUT2D eigenvalue weighted by molar-refractivity contribution is 7.99. The van der Waals surface area contributed by atoms with Crippen LogP contribution < -0.4 is 5.56 Å². The maximum atomic E-state index is 13.6. The molecule has 10 heteroatoms. The minimum atomic E-state index is -0.465. The quantitative estimate of drug-likeness (QED) is 0.124. The number of thioether (sulfide) groups is 1. The Labute approximate surface area is 210 Å². The molecule has 0 amide bonds. The number of non-ortho nitro benzene ring substituents is 1. The van der Waals surface area contributed by atoms with Gasteiger partial charge < -0.3 is 4.42 Å². The fourth-order valence-corrected chi connectivity index (χ4v) is 4.76. The molecule has 0 saturated carbocycles. The number of nitro benzene ring substituents is 1. The summed E-state index contributed by atoms with van der Waals surface area (Å²) in [7, 11) is 0. The highest BCUT2D eigenvalue weighted by Gasteiger charge is 2.22. The largest absolute Gasteiger partial charge is 0.419 e. The Bertz CT molecular complexity index is 1660. The van der Waals surface area contributed by atoms with Crippen LogP contribution in [0.2, 0.25) is 0 Å². The van der Waals surface area contributed by atoms with Gasteiger partial charge >= 0.3 is 0 Å². The number of benzene rings is 3. The van der Waals surface area contributed by atoms with Crippen LogP contribution >= 0.6 is 11.8 Å². The molecule has 2 heterocycles. The van der Waals surface area contributed by atoms with Crippen LogP contribution in [-0.4, -0.2) is 24.7 Å². The second-order valence-electron chi connectivity index (χ2n) is 8.35. The van der Waals surface area contributed by atoms with Crippen LogP contribution in [-0.2, 0) is 0 Å². The van der Waals surface area contributed by atoms with E-state index in [4.69, 9.17) is 9.40 Å². The first-order valence-electron chi connectivity index (χ1n) is 11.2. The lowest BCUT2D eigenvalue weighted by Crippen LogP contribution is -2.22. The molecule has 0 radical (unpaired) electrons. The van der Waals surface area contributed by atoms with Gasteiger partial charge in [-0.05, 0) is 62.2 Å². The van der Waals surface area contributed by atoms with Crippen molar-refractivity contribution in [2.45, 2.75) is 31.2 Å². The molecule has 9 nitrogen and oxygen atoms in total. The molecule has 0 saturated heterocycles. The molecule has 5 aromatic rings. The van der Waals surface area contributed by atoms with E-state index in [0.717, 1.165) is 16.8 Å². The third-order valence-electron chi connectivity index (χ3n) is 5.75. The van der Waals surface area contributed by atoms with Gasteiger partial charge in [-0.15, -0.1) is 10.2 Å². The lowest BCUT2D eigenvalue weighted by Gasteiger charge is -2.17. The highest BCUT2D eigenvalue weighted by atomic mass is 32.2. The van der Waals surface area contributed by atoms with Crippen LogP contribution in [0, 0.1) is 24.0 Å². The number of hydrogen-bond donors (Lipinski definition) is 0. The third-order valence-corrected chi connectivity index (χ3v) is 6.79. The average Bonchev–Trinajstić information content (AvgIpc) is 3.37. The number of aryl methyl sites for hydroxylation is 2. The SMILES string of the molecule is Cc1ccc(C)c(-n2c(SC(C)c3nnc(-c4ccc([N+](=O)[O-])cc4)o3)nc3ccccc3c2=O)c1. The summed E-state index contributed by atoms with van der Waals surface area (Å²) in [4.78, 5) is 28.9. The molecule has 3 aromatic carbocycles. The van der Waals surface area contributed by atoms with E-state index in [-0.39, 0.29) is 22.4 Å². The van der Waals surface area contributed by atoms with E-state index >= 15 is 0 Å². The van der Waals surface area contributed by atoms with Gasteiger partial charge in [0, 0.05) is 17.7 Å². The number of nitrogens with zero attached hydrogens (tertiary/aromatic N) is 5. The van der Waals surface area contributed by atoms with Crippen LogP contribution in [0.4, 0.5) is 5.69 Å². The minimum absolute atomic E-state index is 0.0193. The summed E-state index contributed by atoms with van der Waals surface area (Å²) >= 11 is 1.34. The summed E-state index contributed by atoms with van der Waals surface area (Å²) in [5, 5.41) is 19.9. The predicted molar refractivity (Wildman–Crippen MR) is 137 cm³/mol. The molecule has 2 aromatic heterocycles. The molecule has 1 atom stereocenters. The van der Waals surface area contributed by atoms with Crippen molar-refractivity contribution < 1.29 is 9.34 Å².